The Kier molecular flexibility index (Phi) is 5.33. The Morgan fingerprint density at radius 3 is 2.61 bits per heavy atom. The summed E-state index contributed by atoms with van der Waals surface area (Å²) in [6.45, 7) is 0.455. The number of fused-ring (bicyclic) bond motifs is 2. The molecule has 0 radical (unpaired) electrons. The van der Waals surface area contributed by atoms with E-state index in [2.05, 4.69) is 15.1 Å². The number of carbonyl (C=O) groups is 1. The van der Waals surface area contributed by atoms with E-state index in [0.717, 1.165) is 18.9 Å². The van der Waals surface area contributed by atoms with Crippen LogP contribution < -0.4 is 4.74 Å². The highest BCUT2D eigenvalue weighted by molar-refractivity contribution is 6.29. The number of rotatable bonds is 5. The van der Waals surface area contributed by atoms with Crippen molar-refractivity contribution in [3.8, 4) is 5.88 Å². The van der Waals surface area contributed by atoms with Gasteiger partial charge in [-0.2, -0.15) is 5.10 Å². The number of aromatic nitrogens is 2. The van der Waals surface area contributed by atoms with Crippen LogP contribution in [0, 0.1) is 35.3 Å². The fourth-order valence-electron chi connectivity index (χ4n) is 5.07. The molecule has 4 aliphatic rings. The third kappa shape index (κ3) is 4.01. The van der Waals surface area contributed by atoms with E-state index in [1.165, 1.54) is 23.5 Å². The van der Waals surface area contributed by atoms with Crippen molar-refractivity contribution in [3.63, 3.8) is 0 Å². The van der Waals surface area contributed by atoms with Gasteiger partial charge in [0.25, 0.3) is 0 Å². The van der Waals surface area contributed by atoms with E-state index in [9.17, 15) is 13.6 Å². The zero-order valence-corrected chi connectivity index (χ0v) is 17.4. The molecule has 1 amide bonds. The summed E-state index contributed by atoms with van der Waals surface area (Å²) in [5.74, 6) is -0.0763. The average molecular weight is 447 g/mol. The molecule has 9 heteroatoms. The summed E-state index contributed by atoms with van der Waals surface area (Å²) in [6, 6.07) is 4.46. The van der Waals surface area contributed by atoms with Crippen LogP contribution in [0.25, 0.3) is 0 Å². The van der Waals surface area contributed by atoms with Crippen molar-refractivity contribution in [2.45, 2.75) is 31.7 Å². The third-order valence-corrected chi connectivity index (χ3v) is 6.91. The molecule has 31 heavy (non-hydrogen) atoms. The summed E-state index contributed by atoms with van der Waals surface area (Å²) in [4.78, 5) is 21.3. The number of hydrogen-bond acceptors (Lipinski definition) is 5. The molecule has 6 rings (SSSR count). The summed E-state index contributed by atoms with van der Waals surface area (Å²) in [5, 5.41) is 5.99. The summed E-state index contributed by atoms with van der Waals surface area (Å²) in [6.07, 6.45) is 6.08. The maximum Gasteiger partial charge on any atom is 0.246 e. The van der Waals surface area contributed by atoms with Crippen LogP contribution in [-0.2, 0) is 4.79 Å². The molecular weight excluding hydrogens is 426 g/mol. The summed E-state index contributed by atoms with van der Waals surface area (Å²) in [5.41, 5.74) is 0.422. The molecule has 2 aromatic rings. The van der Waals surface area contributed by atoms with E-state index < -0.39 is 17.7 Å². The molecule has 3 atom stereocenters. The molecule has 162 valence electrons. The number of halogens is 3. The lowest BCUT2D eigenvalue weighted by Gasteiger charge is -2.51. The predicted octanol–water partition coefficient (Wildman–Crippen LogP) is 4.41. The molecule has 3 aliphatic carbocycles. The number of benzene rings is 1. The monoisotopic (exact) mass is 446 g/mol. The van der Waals surface area contributed by atoms with Crippen LogP contribution in [0.1, 0.15) is 37.3 Å². The average Bonchev–Trinajstić information content (AvgIpc) is 3.20. The lowest BCUT2D eigenvalue weighted by Crippen LogP contribution is -2.50. The number of nitrogens with zero attached hydrogens (tertiary/aromatic N) is 4. The van der Waals surface area contributed by atoms with Crippen LogP contribution in [0.15, 0.2) is 35.7 Å². The Morgan fingerprint density at radius 1 is 1.10 bits per heavy atom. The third-order valence-electron chi connectivity index (χ3n) is 6.70. The summed E-state index contributed by atoms with van der Waals surface area (Å²) >= 11 is 5.88. The maximum atomic E-state index is 13.7. The van der Waals surface area contributed by atoms with Crippen molar-refractivity contribution in [2.24, 2.45) is 28.8 Å². The van der Waals surface area contributed by atoms with Crippen molar-refractivity contribution < 1.29 is 18.3 Å². The fraction of sp³-hybridized carbons (Fsp3) is 0.455. The van der Waals surface area contributed by atoms with Gasteiger partial charge in [0.1, 0.15) is 23.1 Å². The second-order valence-electron chi connectivity index (χ2n) is 8.52. The lowest BCUT2D eigenvalue weighted by molar-refractivity contribution is -0.148. The highest BCUT2D eigenvalue weighted by Crippen LogP contribution is 2.53. The quantitative estimate of drug-likeness (QED) is 0.638. The van der Waals surface area contributed by atoms with Gasteiger partial charge in [-0.25, -0.2) is 23.8 Å². The van der Waals surface area contributed by atoms with Gasteiger partial charge in [-0.15, -0.1) is 0 Å². The van der Waals surface area contributed by atoms with Gasteiger partial charge in [-0.3, -0.25) is 4.79 Å². The van der Waals surface area contributed by atoms with Crippen molar-refractivity contribution in [1.29, 1.82) is 0 Å². The van der Waals surface area contributed by atoms with Crippen LogP contribution >= 0.6 is 11.6 Å². The Balaban J connectivity index is 1.28. The van der Waals surface area contributed by atoms with Gasteiger partial charge in [-0.05, 0) is 54.7 Å². The van der Waals surface area contributed by atoms with Gasteiger partial charge >= 0.3 is 0 Å². The molecule has 2 heterocycles. The van der Waals surface area contributed by atoms with E-state index in [-0.39, 0.29) is 17.7 Å². The van der Waals surface area contributed by atoms with Crippen LogP contribution in [0.5, 0.6) is 5.88 Å². The first-order chi connectivity index (χ1) is 15.0. The predicted molar refractivity (Wildman–Crippen MR) is 109 cm³/mol. The molecular formula is C22H21ClF2N4O2. The molecule has 2 bridgehead atoms. The number of carbonyl (C=O) groups excluding carboxylic acids is 1. The molecule has 3 fully saturated rings. The fourth-order valence-corrected chi connectivity index (χ4v) is 5.21. The first-order valence-corrected chi connectivity index (χ1v) is 10.8. The number of hydrogen-bond donors (Lipinski definition) is 0. The molecule has 3 saturated carbocycles. The Bertz CT molecular complexity index is 1010. The Hall–Kier alpha value is -2.61. The molecule has 0 N–H and O–H groups in total. The molecule has 1 aliphatic heterocycles. The normalized spacial score (nSPS) is 29.0. The molecule has 0 saturated heterocycles. The molecule has 1 aromatic carbocycles. The largest absolute Gasteiger partial charge is 0.477 e. The maximum absolute atomic E-state index is 13.7. The minimum atomic E-state index is -0.657. The van der Waals surface area contributed by atoms with E-state index in [0.29, 0.717) is 47.9 Å². The van der Waals surface area contributed by atoms with Gasteiger partial charge < -0.3 is 4.74 Å². The first-order valence-electron chi connectivity index (χ1n) is 10.4. The summed E-state index contributed by atoms with van der Waals surface area (Å²) < 4.78 is 33.3. The molecule has 6 nitrogen and oxygen atoms in total. The van der Waals surface area contributed by atoms with E-state index in [4.69, 9.17) is 16.3 Å². The zero-order chi connectivity index (χ0) is 21.5. The standard InChI is InChI=1S/C22H21ClF2N4O2/c23-20-9-21(27-11-26-20)31-10-15-7-18(13-3-12(15)4-13)22(30)29-19(1-2-28-29)14-5-16(24)8-17(25)6-14/h2,5-6,8-9,11-13,15,18-19H,1,3-4,7,10H2. The zero-order valence-electron chi connectivity index (χ0n) is 16.6. The molecule has 0 spiro atoms. The van der Waals surface area contributed by atoms with Crippen LogP contribution in [0.3, 0.4) is 0 Å². The second-order valence-corrected chi connectivity index (χ2v) is 8.91. The Labute approximate surface area is 183 Å². The van der Waals surface area contributed by atoms with E-state index in [1.807, 2.05) is 0 Å². The summed E-state index contributed by atoms with van der Waals surface area (Å²) in [7, 11) is 0. The minimum absolute atomic E-state index is 0.0818. The van der Waals surface area contributed by atoms with Gasteiger partial charge in [0, 0.05) is 30.7 Å². The lowest BCUT2D eigenvalue weighted by atomic mass is 9.55. The van der Waals surface area contributed by atoms with Gasteiger partial charge in [0.15, 0.2) is 0 Å². The van der Waals surface area contributed by atoms with Crippen LogP contribution in [0.2, 0.25) is 5.15 Å². The smallest absolute Gasteiger partial charge is 0.246 e. The highest BCUT2D eigenvalue weighted by atomic mass is 35.5. The number of ether oxygens (including phenoxy) is 1. The minimum Gasteiger partial charge on any atom is -0.477 e. The van der Waals surface area contributed by atoms with Crippen molar-refractivity contribution in [2.75, 3.05) is 6.61 Å². The van der Waals surface area contributed by atoms with Gasteiger partial charge in [-0.1, -0.05) is 11.6 Å². The molecule has 3 unspecified atom stereocenters. The SMILES string of the molecule is O=C(C1CC(COc2cc(Cl)ncn2)C2CC1C2)N1N=CCC1c1cc(F)cc(F)c1. The van der Waals surface area contributed by atoms with Crippen molar-refractivity contribution in [3.05, 3.63) is 52.9 Å². The topological polar surface area (TPSA) is 67.7 Å². The van der Waals surface area contributed by atoms with Gasteiger partial charge in [0.2, 0.25) is 11.8 Å². The number of hydrazone groups is 1. The molecule has 1 aromatic heterocycles. The second kappa shape index (κ2) is 8.15. The van der Waals surface area contributed by atoms with Gasteiger partial charge in [0.05, 0.1) is 12.6 Å². The van der Waals surface area contributed by atoms with Crippen LogP contribution in [0.4, 0.5) is 8.78 Å². The highest BCUT2D eigenvalue weighted by Gasteiger charge is 2.50. The Morgan fingerprint density at radius 2 is 1.87 bits per heavy atom. The van der Waals surface area contributed by atoms with Crippen molar-refractivity contribution in [1.82, 2.24) is 15.0 Å². The first kappa shape index (κ1) is 20.3. The van der Waals surface area contributed by atoms with E-state index in [1.54, 1.807) is 12.3 Å². The number of amides is 1. The van der Waals surface area contributed by atoms with Crippen molar-refractivity contribution >= 4 is 23.7 Å². The van der Waals surface area contributed by atoms with Crippen LogP contribution in [-0.4, -0.2) is 33.7 Å². The van der Waals surface area contributed by atoms with E-state index >= 15 is 0 Å².